The van der Waals surface area contributed by atoms with Crippen LogP contribution in [0.3, 0.4) is 0 Å². The third kappa shape index (κ3) is 3.22. The van der Waals surface area contributed by atoms with Crippen molar-refractivity contribution in [3.8, 4) is 0 Å². The monoisotopic (exact) mass is 258 g/mol. The summed E-state index contributed by atoms with van der Waals surface area (Å²) >= 11 is 0. The molecule has 0 saturated heterocycles. The number of nitrogens with one attached hydrogen (secondary N) is 1. The Hall–Kier alpha value is -1.65. The van der Waals surface area contributed by atoms with E-state index < -0.39 is 0 Å². The first-order valence-corrected chi connectivity index (χ1v) is 6.85. The standard InChI is InChI=1S/C15H22N4/c1-3-9-19-11-14(10-17-19)15(18-16)13-7-5-12(4-2)6-8-13/h5-8,10-11,15,18H,3-4,9,16H2,1-2H3. The van der Waals surface area contributed by atoms with Gasteiger partial charge in [-0.25, -0.2) is 5.43 Å². The zero-order valence-corrected chi connectivity index (χ0v) is 11.6. The highest BCUT2D eigenvalue weighted by Gasteiger charge is 2.14. The van der Waals surface area contributed by atoms with Crippen molar-refractivity contribution in [1.82, 2.24) is 15.2 Å². The average molecular weight is 258 g/mol. The van der Waals surface area contributed by atoms with Crippen molar-refractivity contribution < 1.29 is 0 Å². The molecule has 1 atom stereocenters. The molecule has 19 heavy (non-hydrogen) atoms. The van der Waals surface area contributed by atoms with E-state index in [-0.39, 0.29) is 6.04 Å². The van der Waals surface area contributed by atoms with E-state index in [0.29, 0.717) is 0 Å². The molecule has 0 amide bonds. The molecular weight excluding hydrogens is 236 g/mol. The molecule has 2 rings (SSSR count). The molecule has 4 nitrogen and oxygen atoms in total. The number of aromatic nitrogens is 2. The molecule has 3 N–H and O–H groups in total. The molecule has 1 aromatic heterocycles. The van der Waals surface area contributed by atoms with Crippen LogP contribution in [0.4, 0.5) is 0 Å². The first kappa shape index (κ1) is 13.8. The van der Waals surface area contributed by atoms with E-state index >= 15 is 0 Å². The number of rotatable bonds is 6. The second-order valence-electron chi connectivity index (χ2n) is 4.73. The Morgan fingerprint density at radius 3 is 2.53 bits per heavy atom. The van der Waals surface area contributed by atoms with Crippen molar-refractivity contribution in [1.29, 1.82) is 0 Å². The zero-order valence-electron chi connectivity index (χ0n) is 11.6. The van der Waals surface area contributed by atoms with Crippen LogP contribution in [0.2, 0.25) is 0 Å². The molecule has 1 unspecified atom stereocenters. The van der Waals surface area contributed by atoms with Gasteiger partial charge in [-0.05, 0) is 24.0 Å². The predicted octanol–water partition coefficient (Wildman–Crippen LogP) is 2.41. The number of aryl methyl sites for hydroxylation is 2. The average Bonchev–Trinajstić information content (AvgIpc) is 2.89. The Morgan fingerprint density at radius 1 is 1.21 bits per heavy atom. The van der Waals surface area contributed by atoms with Gasteiger partial charge in [-0.3, -0.25) is 10.5 Å². The summed E-state index contributed by atoms with van der Waals surface area (Å²) in [6, 6.07) is 8.55. The number of benzene rings is 1. The van der Waals surface area contributed by atoms with E-state index in [1.54, 1.807) is 0 Å². The van der Waals surface area contributed by atoms with E-state index in [9.17, 15) is 0 Å². The highest BCUT2D eigenvalue weighted by atomic mass is 15.3. The third-order valence-electron chi connectivity index (χ3n) is 3.33. The van der Waals surface area contributed by atoms with Gasteiger partial charge < -0.3 is 0 Å². The van der Waals surface area contributed by atoms with E-state index in [4.69, 9.17) is 5.84 Å². The van der Waals surface area contributed by atoms with Gasteiger partial charge in [0.25, 0.3) is 0 Å². The Balaban J connectivity index is 2.21. The number of hydrogen-bond acceptors (Lipinski definition) is 3. The smallest absolute Gasteiger partial charge is 0.0740 e. The molecule has 0 aliphatic heterocycles. The Kier molecular flexibility index (Phi) is 4.71. The maximum absolute atomic E-state index is 5.70. The Morgan fingerprint density at radius 2 is 1.95 bits per heavy atom. The SMILES string of the molecule is CCCn1cc(C(NN)c2ccc(CC)cc2)cn1. The second-order valence-corrected chi connectivity index (χ2v) is 4.73. The maximum atomic E-state index is 5.70. The van der Waals surface area contributed by atoms with Gasteiger partial charge in [0.15, 0.2) is 0 Å². The summed E-state index contributed by atoms with van der Waals surface area (Å²) in [4.78, 5) is 0. The number of hydrazine groups is 1. The molecule has 0 aliphatic carbocycles. The van der Waals surface area contributed by atoms with Crippen molar-refractivity contribution in [2.45, 2.75) is 39.3 Å². The minimum Gasteiger partial charge on any atom is -0.272 e. The second kappa shape index (κ2) is 6.50. The van der Waals surface area contributed by atoms with Crippen molar-refractivity contribution in [3.05, 3.63) is 53.3 Å². The van der Waals surface area contributed by atoms with Gasteiger partial charge in [-0.1, -0.05) is 38.1 Å². The molecule has 0 bridgehead atoms. The lowest BCUT2D eigenvalue weighted by Gasteiger charge is -2.15. The van der Waals surface area contributed by atoms with Crippen molar-refractivity contribution in [2.75, 3.05) is 0 Å². The summed E-state index contributed by atoms with van der Waals surface area (Å²) < 4.78 is 1.96. The summed E-state index contributed by atoms with van der Waals surface area (Å²) in [7, 11) is 0. The normalized spacial score (nSPS) is 12.6. The van der Waals surface area contributed by atoms with Gasteiger partial charge in [0, 0.05) is 18.3 Å². The zero-order chi connectivity index (χ0) is 13.7. The number of nitrogens with zero attached hydrogens (tertiary/aromatic N) is 2. The Bertz CT molecular complexity index is 501. The van der Waals surface area contributed by atoms with Crippen molar-refractivity contribution >= 4 is 0 Å². The fourth-order valence-corrected chi connectivity index (χ4v) is 2.21. The summed E-state index contributed by atoms with van der Waals surface area (Å²) in [5.74, 6) is 5.70. The van der Waals surface area contributed by atoms with Crippen LogP contribution in [0.1, 0.15) is 43.0 Å². The molecular formula is C15H22N4. The summed E-state index contributed by atoms with van der Waals surface area (Å²) in [6.45, 7) is 5.23. The first-order valence-electron chi connectivity index (χ1n) is 6.85. The van der Waals surface area contributed by atoms with E-state index in [0.717, 1.165) is 30.5 Å². The third-order valence-corrected chi connectivity index (χ3v) is 3.33. The van der Waals surface area contributed by atoms with Crippen LogP contribution in [0, 0.1) is 0 Å². The van der Waals surface area contributed by atoms with Crippen LogP contribution in [-0.4, -0.2) is 9.78 Å². The lowest BCUT2D eigenvalue weighted by molar-refractivity contribution is 0.598. The fourth-order valence-electron chi connectivity index (χ4n) is 2.21. The molecule has 0 fully saturated rings. The van der Waals surface area contributed by atoms with Crippen LogP contribution >= 0.6 is 0 Å². The maximum Gasteiger partial charge on any atom is 0.0740 e. The van der Waals surface area contributed by atoms with Gasteiger partial charge in [-0.2, -0.15) is 5.10 Å². The van der Waals surface area contributed by atoms with Crippen LogP contribution < -0.4 is 11.3 Å². The highest BCUT2D eigenvalue weighted by Crippen LogP contribution is 2.21. The lowest BCUT2D eigenvalue weighted by Crippen LogP contribution is -2.28. The van der Waals surface area contributed by atoms with Gasteiger partial charge in [0.05, 0.1) is 12.2 Å². The molecule has 2 aromatic rings. The molecule has 0 radical (unpaired) electrons. The quantitative estimate of drug-likeness (QED) is 0.618. The summed E-state index contributed by atoms with van der Waals surface area (Å²) in [5, 5.41) is 4.36. The minimum absolute atomic E-state index is 0.00323. The molecule has 1 heterocycles. The van der Waals surface area contributed by atoms with Gasteiger partial charge in [0.1, 0.15) is 0 Å². The Labute approximate surface area is 114 Å². The van der Waals surface area contributed by atoms with Crippen LogP contribution in [0.25, 0.3) is 0 Å². The van der Waals surface area contributed by atoms with Gasteiger partial charge in [0.2, 0.25) is 0 Å². The highest BCUT2D eigenvalue weighted by molar-refractivity contribution is 5.31. The van der Waals surface area contributed by atoms with Crippen LogP contribution in [0.5, 0.6) is 0 Å². The van der Waals surface area contributed by atoms with Gasteiger partial charge >= 0.3 is 0 Å². The number of nitrogens with two attached hydrogens (primary N) is 1. The van der Waals surface area contributed by atoms with E-state index in [1.165, 1.54) is 5.56 Å². The van der Waals surface area contributed by atoms with Crippen molar-refractivity contribution in [2.24, 2.45) is 5.84 Å². The largest absolute Gasteiger partial charge is 0.272 e. The summed E-state index contributed by atoms with van der Waals surface area (Å²) in [5.41, 5.74) is 6.47. The van der Waals surface area contributed by atoms with Crippen LogP contribution in [-0.2, 0) is 13.0 Å². The molecule has 0 spiro atoms. The molecule has 0 saturated carbocycles. The summed E-state index contributed by atoms with van der Waals surface area (Å²) in [6.07, 6.45) is 6.07. The van der Waals surface area contributed by atoms with E-state index in [1.807, 2.05) is 10.9 Å². The first-order chi connectivity index (χ1) is 9.28. The molecule has 102 valence electrons. The fraction of sp³-hybridized carbons (Fsp3) is 0.400. The van der Waals surface area contributed by atoms with Crippen LogP contribution in [0.15, 0.2) is 36.7 Å². The van der Waals surface area contributed by atoms with E-state index in [2.05, 4.69) is 54.8 Å². The number of hydrogen-bond donors (Lipinski definition) is 2. The minimum atomic E-state index is -0.00323. The molecule has 0 aliphatic rings. The van der Waals surface area contributed by atoms with Gasteiger partial charge in [-0.15, -0.1) is 0 Å². The molecule has 1 aromatic carbocycles. The van der Waals surface area contributed by atoms with Crippen molar-refractivity contribution in [3.63, 3.8) is 0 Å². The molecule has 4 heteroatoms. The topological polar surface area (TPSA) is 55.9 Å². The lowest BCUT2D eigenvalue weighted by atomic mass is 10.0. The predicted molar refractivity (Wildman–Crippen MR) is 77.5 cm³/mol.